The number of aromatic hydroxyl groups is 1. The zero-order valence-corrected chi connectivity index (χ0v) is 24.7. The van der Waals surface area contributed by atoms with Gasteiger partial charge in [-0.15, -0.1) is 0 Å². The second kappa shape index (κ2) is 13.8. The Labute approximate surface area is 242 Å². The Kier molecular flexibility index (Phi) is 10.5. The topological polar surface area (TPSA) is 108 Å². The summed E-state index contributed by atoms with van der Waals surface area (Å²) in [5, 5.41) is 15.5. The van der Waals surface area contributed by atoms with Crippen LogP contribution in [0.3, 0.4) is 0 Å². The van der Waals surface area contributed by atoms with Crippen molar-refractivity contribution < 1.29 is 24.2 Å². The number of para-hydroxylation sites is 1. The largest absolute Gasteiger partial charge is 0.508 e. The number of alkyl carbamates (subject to hydrolysis) is 1. The van der Waals surface area contributed by atoms with Gasteiger partial charge in [-0.25, -0.2) is 4.79 Å². The Morgan fingerprint density at radius 2 is 1.54 bits per heavy atom. The summed E-state index contributed by atoms with van der Waals surface area (Å²) in [6.07, 6.45) is -0.0311. The van der Waals surface area contributed by atoms with Crippen molar-refractivity contribution in [3.63, 3.8) is 0 Å². The van der Waals surface area contributed by atoms with Gasteiger partial charge >= 0.3 is 6.09 Å². The van der Waals surface area contributed by atoms with Gasteiger partial charge in [-0.05, 0) is 75.9 Å². The fourth-order valence-electron chi connectivity index (χ4n) is 4.48. The van der Waals surface area contributed by atoms with Gasteiger partial charge < -0.3 is 25.4 Å². The lowest BCUT2D eigenvalue weighted by atomic mass is 9.97. The number of carbonyl (C=O) groups excluding carboxylic acids is 3. The van der Waals surface area contributed by atoms with Crippen LogP contribution in [0.1, 0.15) is 63.8 Å². The highest BCUT2D eigenvalue weighted by Crippen LogP contribution is 2.28. The average Bonchev–Trinajstić information content (AvgIpc) is 2.92. The minimum absolute atomic E-state index is 0.0926. The van der Waals surface area contributed by atoms with E-state index in [4.69, 9.17) is 4.74 Å². The number of hydrogen-bond acceptors (Lipinski definition) is 5. The quantitative estimate of drug-likeness (QED) is 0.276. The summed E-state index contributed by atoms with van der Waals surface area (Å²) in [4.78, 5) is 43.0. The molecule has 8 nitrogen and oxygen atoms in total. The Balaban J connectivity index is 2.06. The summed E-state index contributed by atoms with van der Waals surface area (Å²) in [6.45, 7) is 11.0. The van der Waals surface area contributed by atoms with Crippen molar-refractivity contribution >= 4 is 23.6 Å². The SMILES string of the molecule is CCC(C)N(C(=O)C(Cc1ccc(O)cc1)NC(=O)OC(C)(C)C)C(C(=O)Nc1ccccc1C)c1ccccc1. The molecule has 0 bridgehead atoms. The predicted octanol–water partition coefficient (Wildman–Crippen LogP) is 6.14. The lowest BCUT2D eigenvalue weighted by Crippen LogP contribution is -2.55. The van der Waals surface area contributed by atoms with Crippen LogP contribution in [0.25, 0.3) is 0 Å². The molecule has 3 aromatic rings. The molecule has 41 heavy (non-hydrogen) atoms. The third-order valence-corrected chi connectivity index (χ3v) is 6.73. The number of carbonyl (C=O) groups is 3. The molecule has 0 fully saturated rings. The van der Waals surface area contributed by atoms with Crippen molar-refractivity contribution in [2.75, 3.05) is 5.32 Å². The summed E-state index contributed by atoms with van der Waals surface area (Å²) in [7, 11) is 0. The first-order valence-corrected chi connectivity index (χ1v) is 13.9. The maximum atomic E-state index is 14.5. The molecule has 3 unspecified atom stereocenters. The summed E-state index contributed by atoms with van der Waals surface area (Å²) >= 11 is 0. The van der Waals surface area contributed by atoms with Gasteiger partial charge in [0.05, 0.1) is 0 Å². The number of aryl methyl sites for hydroxylation is 1. The summed E-state index contributed by atoms with van der Waals surface area (Å²) < 4.78 is 5.49. The maximum Gasteiger partial charge on any atom is 0.408 e. The van der Waals surface area contributed by atoms with Gasteiger partial charge in [0.1, 0.15) is 23.4 Å². The molecule has 0 aliphatic heterocycles. The zero-order valence-electron chi connectivity index (χ0n) is 24.7. The Morgan fingerprint density at radius 1 is 0.927 bits per heavy atom. The first kappa shape index (κ1) is 31.2. The maximum absolute atomic E-state index is 14.5. The van der Waals surface area contributed by atoms with Crippen molar-refractivity contribution in [2.45, 2.75) is 78.1 Å². The second-order valence-corrected chi connectivity index (χ2v) is 11.2. The number of ether oxygens (including phenoxy) is 1. The molecule has 3 N–H and O–H groups in total. The van der Waals surface area contributed by atoms with Crippen molar-refractivity contribution in [1.29, 1.82) is 0 Å². The molecule has 218 valence electrons. The van der Waals surface area contributed by atoms with Gasteiger partial charge in [0.25, 0.3) is 5.91 Å². The Bertz CT molecular complexity index is 1320. The first-order chi connectivity index (χ1) is 19.4. The van der Waals surface area contributed by atoms with Crippen molar-refractivity contribution in [2.24, 2.45) is 0 Å². The van der Waals surface area contributed by atoms with Crippen LogP contribution in [0, 0.1) is 6.92 Å². The van der Waals surface area contributed by atoms with Crippen LogP contribution in [0.2, 0.25) is 0 Å². The number of nitrogens with one attached hydrogen (secondary N) is 2. The normalized spacial score (nSPS) is 13.4. The highest BCUT2D eigenvalue weighted by atomic mass is 16.6. The summed E-state index contributed by atoms with van der Waals surface area (Å²) in [5.74, 6) is -0.693. The Morgan fingerprint density at radius 3 is 2.12 bits per heavy atom. The number of amides is 3. The molecular weight excluding hydrogens is 518 g/mol. The van der Waals surface area contributed by atoms with Crippen LogP contribution in [0.15, 0.2) is 78.9 Å². The molecular formula is C33H41N3O5. The standard InChI is InChI=1S/C33H41N3O5/c1-7-23(3)36(29(25-14-9-8-10-15-25)30(38)34-27-16-12-11-13-22(27)2)31(39)28(35-32(40)41-33(4,5)6)21-24-17-19-26(37)20-18-24/h8-20,23,28-29,37H,7,21H2,1-6H3,(H,34,38)(H,35,40). The number of benzene rings is 3. The predicted molar refractivity (Wildman–Crippen MR) is 161 cm³/mol. The minimum Gasteiger partial charge on any atom is -0.508 e. The zero-order chi connectivity index (χ0) is 30.2. The summed E-state index contributed by atoms with van der Waals surface area (Å²) in [5.41, 5.74) is 2.15. The van der Waals surface area contributed by atoms with E-state index in [9.17, 15) is 19.5 Å². The van der Waals surface area contributed by atoms with E-state index in [1.54, 1.807) is 37.8 Å². The van der Waals surface area contributed by atoms with Gasteiger partial charge in [0, 0.05) is 18.2 Å². The average molecular weight is 560 g/mol. The van der Waals surface area contributed by atoms with E-state index in [2.05, 4.69) is 10.6 Å². The van der Waals surface area contributed by atoms with E-state index < -0.39 is 29.7 Å². The fraction of sp³-hybridized carbons (Fsp3) is 0.364. The highest BCUT2D eigenvalue weighted by molar-refractivity contribution is 5.99. The smallest absolute Gasteiger partial charge is 0.408 e. The van der Waals surface area contributed by atoms with Crippen molar-refractivity contribution in [3.8, 4) is 5.75 Å². The molecule has 0 heterocycles. The van der Waals surface area contributed by atoms with Crippen molar-refractivity contribution in [1.82, 2.24) is 10.2 Å². The summed E-state index contributed by atoms with van der Waals surface area (Å²) in [6, 6.07) is 20.7. The molecule has 3 atom stereocenters. The molecule has 0 radical (unpaired) electrons. The number of rotatable bonds is 10. The molecule has 0 aliphatic carbocycles. The molecule has 0 spiro atoms. The molecule has 3 rings (SSSR count). The second-order valence-electron chi connectivity index (χ2n) is 11.2. The van der Waals surface area contributed by atoms with Crippen LogP contribution in [-0.2, 0) is 20.7 Å². The third kappa shape index (κ3) is 8.83. The highest BCUT2D eigenvalue weighted by Gasteiger charge is 2.38. The monoisotopic (exact) mass is 559 g/mol. The lowest BCUT2D eigenvalue weighted by molar-refractivity contribution is -0.143. The minimum atomic E-state index is -1.04. The van der Waals surface area contributed by atoms with Crippen LogP contribution in [-0.4, -0.2) is 45.6 Å². The molecule has 0 saturated heterocycles. The molecule has 8 heteroatoms. The number of phenolic OH excluding ortho intramolecular Hbond substituents is 1. The fourth-order valence-corrected chi connectivity index (χ4v) is 4.48. The number of hydrogen-bond donors (Lipinski definition) is 3. The molecule has 3 aromatic carbocycles. The van der Waals surface area contributed by atoms with Gasteiger partial charge in [0.2, 0.25) is 5.91 Å². The molecule has 0 aliphatic rings. The number of phenols is 1. The van der Waals surface area contributed by atoms with Gasteiger partial charge in [-0.3, -0.25) is 9.59 Å². The van der Waals surface area contributed by atoms with E-state index in [-0.39, 0.29) is 24.1 Å². The molecule has 3 amide bonds. The van der Waals surface area contributed by atoms with Crippen LogP contribution < -0.4 is 10.6 Å². The first-order valence-electron chi connectivity index (χ1n) is 13.9. The third-order valence-electron chi connectivity index (χ3n) is 6.73. The van der Waals surface area contributed by atoms with Crippen LogP contribution >= 0.6 is 0 Å². The van der Waals surface area contributed by atoms with Crippen LogP contribution in [0.4, 0.5) is 10.5 Å². The number of nitrogens with zero attached hydrogens (tertiary/aromatic N) is 1. The van der Waals surface area contributed by atoms with Gasteiger partial charge in [-0.1, -0.05) is 67.6 Å². The van der Waals surface area contributed by atoms with Crippen molar-refractivity contribution in [3.05, 3.63) is 95.6 Å². The van der Waals surface area contributed by atoms with Crippen LogP contribution in [0.5, 0.6) is 5.75 Å². The number of anilines is 1. The van der Waals surface area contributed by atoms with E-state index >= 15 is 0 Å². The van der Waals surface area contributed by atoms with E-state index in [0.29, 0.717) is 17.7 Å². The van der Waals surface area contributed by atoms with E-state index in [1.807, 2.05) is 75.4 Å². The van der Waals surface area contributed by atoms with E-state index in [1.165, 1.54) is 12.1 Å². The molecule has 0 saturated carbocycles. The lowest BCUT2D eigenvalue weighted by Gasteiger charge is -2.38. The van der Waals surface area contributed by atoms with Gasteiger partial charge in [0.15, 0.2) is 0 Å². The van der Waals surface area contributed by atoms with E-state index in [0.717, 1.165) is 11.1 Å². The molecule has 0 aromatic heterocycles. The van der Waals surface area contributed by atoms with Gasteiger partial charge in [-0.2, -0.15) is 0 Å². The Hall–Kier alpha value is -4.33.